The van der Waals surface area contributed by atoms with E-state index in [0.29, 0.717) is 5.69 Å². The number of carbonyl (C=O) groups is 2. The summed E-state index contributed by atoms with van der Waals surface area (Å²) in [7, 11) is 0. The number of aromatic nitrogens is 1. The first kappa shape index (κ1) is 13.3. The zero-order valence-corrected chi connectivity index (χ0v) is 9.50. The van der Waals surface area contributed by atoms with Crippen LogP contribution >= 0.6 is 0 Å². The molecule has 0 aliphatic heterocycles. The van der Waals surface area contributed by atoms with E-state index >= 15 is 0 Å². The molecule has 1 amide bonds. The highest BCUT2D eigenvalue weighted by atomic mass is 16.1. The van der Waals surface area contributed by atoms with Crippen molar-refractivity contribution in [2.24, 2.45) is 0 Å². The summed E-state index contributed by atoms with van der Waals surface area (Å²) in [5, 5.41) is 2.53. The van der Waals surface area contributed by atoms with Gasteiger partial charge < -0.3 is 5.32 Å². The summed E-state index contributed by atoms with van der Waals surface area (Å²) in [6.45, 7) is 6.80. The van der Waals surface area contributed by atoms with Crippen LogP contribution in [0.25, 0.3) is 0 Å². The van der Waals surface area contributed by atoms with Gasteiger partial charge in [0, 0.05) is 20.0 Å². The van der Waals surface area contributed by atoms with Gasteiger partial charge >= 0.3 is 0 Å². The highest BCUT2D eigenvalue weighted by molar-refractivity contribution is 6.01. The molecule has 1 aromatic heterocycles. The number of ketones is 1. The molecule has 1 rings (SSSR count). The molecule has 0 bridgehead atoms. The second-order valence-corrected chi connectivity index (χ2v) is 2.64. The van der Waals surface area contributed by atoms with Crippen LogP contribution in [0.1, 0.15) is 38.2 Å². The molecular weight excluding hydrogens is 192 g/mol. The second-order valence-electron chi connectivity index (χ2n) is 2.64. The van der Waals surface area contributed by atoms with E-state index in [1.807, 2.05) is 13.8 Å². The first-order chi connectivity index (χ1) is 7.11. The zero-order valence-electron chi connectivity index (χ0n) is 9.50. The normalized spacial score (nSPS) is 8.53. The number of anilines is 1. The van der Waals surface area contributed by atoms with Crippen molar-refractivity contribution in [3.05, 3.63) is 24.0 Å². The molecule has 0 spiro atoms. The number of hydrogen-bond donors (Lipinski definition) is 1. The van der Waals surface area contributed by atoms with Crippen LogP contribution in [-0.4, -0.2) is 16.7 Å². The van der Waals surface area contributed by atoms with E-state index in [2.05, 4.69) is 10.3 Å². The lowest BCUT2D eigenvalue weighted by Gasteiger charge is -2.04. The Morgan fingerprint density at radius 1 is 1.27 bits per heavy atom. The van der Waals surface area contributed by atoms with E-state index in [0.717, 1.165) is 0 Å². The Bertz CT molecular complexity index is 348. The molecule has 0 radical (unpaired) electrons. The van der Waals surface area contributed by atoms with Gasteiger partial charge in [-0.2, -0.15) is 0 Å². The average Bonchev–Trinajstić information content (AvgIpc) is 2.20. The smallest absolute Gasteiger partial charge is 0.221 e. The van der Waals surface area contributed by atoms with Gasteiger partial charge in [0.05, 0.1) is 5.69 Å². The molecule has 0 unspecified atom stereocenters. The molecule has 0 atom stereocenters. The van der Waals surface area contributed by atoms with Gasteiger partial charge in [-0.05, 0) is 12.1 Å². The summed E-state index contributed by atoms with van der Waals surface area (Å²) in [4.78, 5) is 25.6. The Balaban J connectivity index is 0.000000921. The summed E-state index contributed by atoms with van der Waals surface area (Å²) >= 11 is 0. The van der Waals surface area contributed by atoms with E-state index in [1.165, 1.54) is 20.0 Å². The van der Waals surface area contributed by atoms with Crippen molar-refractivity contribution in [1.29, 1.82) is 0 Å². The molecule has 0 aliphatic carbocycles. The Hall–Kier alpha value is -1.71. The molecule has 0 saturated carbocycles. The molecule has 4 nitrogen and oxygen atoms in total. The van der Waals surface area contributed by atoms with E-state index < -0.39 is 0 Å². The molecule has 1 aromatic rings. The fraction of sp³-hybridized carbons (Fsp3) is 0.364. The summed E-state index contributed by atoms with van der Waals surface area (Å²) in [6, 6.07) is 3.31. The van der Waals surface area contributed by atoms with Crippen LogP contribution in [0.4, 0.5) is 5.69 Å². The maximum absolute atomic E-state index is 11.0. The van der Waals surface area contributed by atoms with Crippen molar-refractivity contribution < 1.29 is 9.59 Å². The zero-order chi connectivity index (χ0) is 11.8. The van der Waals surface area contributed by atoms with E-state index in [9.17, 15) is 9.59 Å². The predicted molar refractivity (Wildman–Crippen MR) is 59.9 cm³/mol. The predicted octanol–water partition coefficient (Wildman–Crippen LogP) is 2.27. The molecule has 4 heteroatoms. The SMILES string of the molecule is CC.CC(=O)Nc1cccnc1C(C)=O. The summed E-state index contributed by atoms with van der Waals surface area (Å²) in [6.07, 6.45) is 1.52. The van der Waals surface area contributed by atoms with E-state index in [1.54, 1.807) is 12.1 Å². The monoisotopic (exact) mass is 208 g/mol. The summed E-state index contributed by atoms with van der Waals surface area (Å²) < 4.78 is 0. The highest BCUT2D eigenvalue weighted by Gasteiger charge is 2.07. The number of nitrogens with zero attached hydrogens (tertiary/aromatic N) is 1. The molecule has 0 saturated heterocycles. The van der Waals surface area contributed by atoms with Crippen molar-refractivity contribution in [1.82, 2.24) is 4.98 Å². The number of nitrogens with one attached hydrogen (secondary N) is 1. The van der Waals surface area contributed by atoms with Gasteiger partial charge in [0.2, 0.25) is 5.91 Å². The fourth-order valence-electron chi connectivity index (χ4n) is 0.976. The third-order valence-electron chi connectivity index (χ3n) is 1.45. The number of Topliss-reactive ketones (excluding diaryl/α,β-unsaturated/α-hetero) is 1. The van der Waals surface area contributed by atoms with Gasteiger partial charge in [-0.3, -0.25) is 14.6 Å². The van der Waals surface area contributed by atoms with Crippen molar-refractivity contribution in [2.45, 2.75) is 27.7 Å². The first-order valence-electron chi connectivity index (χ1n) is 4.85. The van der Waals surface area contributed by atoms with Gasteiger partial charge in [0.15, 0.2) is 5.78 Å². The Labute approximate surface area is 89.7 Å². The minimum absolute atomic E-state index is 0.163. The van der Waals surface area contributed by atoms with Crippen molar-refractivity contribution in [3.63, 3.8) is 0 Å². The van der Waals surface area contributed by atoms with Crippen LogP contribution in [0.5, 0.6) is 0 Å². The molecule has 0 aromatic carbocycles. The Morgan fingerprint density at radius 2 is 1.87 bits per heavy atom. The van der Waals surface area contributed by atoms with Crippen molar-refractivity contribution >= 4 is 17.4 Å². The van der Waals surface area contributed by atoms with Crippen LogP contribution < -0.4 is 5.32 Å². The fourth-order valence-corrected chi connectivity index (χ4v) is 0.976. The number of hydrogen-bond acceptors (Lipinski definition) is 3. The van der Waals surface area contributed by atoms with Gasteiger partial charge in [-0.25, -0.2) is 0 Å². The van der Waals surface area contributed by atoms with Crippen LogP contribution in [0.2, 0.25) is 0 Å². The number of rotatable bonds is 2. The van der Waals surface area contributed by atoms with Crippen LogP contribution in [0, 0.1) is 0 Å². The summed E-state index contributed by atoms with van der Waals surface area (Å²) in [5.41, 5.74) is 0.750. The van der Waals surface area contributed by atoms with Crippen LogP contribution in [-0.2, 0) is 4.79 Å². The van der Waals surface area contributed by atoms with Crippen molar-refractivity contribution in [3.8, 4) is 0 Å². The molecule has 1 N–H and O–H groups in total. The molecule has 1 heterocycles. The second kappa shape index (κ2) is 6.70. The van der Waals surface area contributed by atoms with Gasteiger partial charge in [-0.1, -0.05) is 13.8 Å². The third-order valence-corrected chi connectivity index (χ3v) is 1.45. The molecule has 15 heavy (non-hydrogen) atoms. The van der Waals surface area contributed by atoms with E-state index in [4.69, 9.17) is 0 Å². The number of pyridine rings is 1. The average molecular weight is 208 g/mol. The molecular formula is C11H16N2O2. The Kier molecular flexibility index (Phi) is 5.94. The largest absolute Gasteiger partial charge is 0.324 e. The number of amides is 1. The lowest BCUT2D eigenvalue weighted by Crippen LogP contribution is -2.10. The van der Waals surface area contributed by atoms with Crippen LogP contribution in [0.15, 0.2) is 18.3 Å². The standard InChI is InChI=1S/C9H10N2O2.C2H6/c1-6(12)9-8(11-7(2)13)4-3-5-10-9;1-2/h3-5H,1-2H3,(H,11,13);1-2H3. The third kappa shape index (κ3) is 4.35. The van der Waals surface area contributed by atoms with Gasteiger partial charge in [0.25, 0.3) is 0 Å². The minimum atomic E-state index is -0.212. The van der Waals surface area contributed by atoms with Gasteiger partial charge in [0.1, 0.15) is 5.69 Å². The molecule has 0 aliphatic rings. The topological polar surface area (TPSA) is 59.1 Å². The van der Waals surface area contributed by atoms with Gasteiger partial charge in [-0.15, -0.1) is 0 Å². The summed E-state index contributed by atoms with van der Waals surface area (Å²) in [5.74, 6) is -0.375. The van der Waals surface area contributed by atoms with Crippen LogP contribution in [0.3, 0.4) is 0 Å². The quantitative estimate of drug-likeness (QED) is 0.758. The molecule has 82 valence electrons. The highest BCUT2D eigenvalue weighted by Crippen LogP contribution is 2.11. The lowest BCUT2D eigenvalue weighted by molar-refractivity contribution is -0.114. The van der Waals surface area contributed by atoms with E-state index in [-0.39, 0.29) is 17.4 Å². The Morgan fingerprint density at radius 3 is 2.33 bits per heavy atom. The minimum Gasteiger partial charge on any atom is -0.324 e. The molecule has 0 fully saturated rings. The lowest BCUT2D eigenvalue weighted by atomic mass is 10.2. The maximum Gasteiger partial charge on any atom is 0.221 e. The first-order valence-corrected chi connectivity index (χ1v) is 4.85. The maximum atomic E-state index is 11.0. The number of carbonyl (C=O) groups excluding carboxylic acids is 2. The van der Waals surface area contributed by atoms with Crippen molar-refractivity contribution in [2.75, 3.05) is 5.32 Å².